The summed E-state index contributed by atoms with van der Waals surface area (Å²) in [5.41, 5.74) is 4.48. The summed E-state index contributed by atoms with van der Waals surface area (Å²) in [5, 5.41) is 3.84. The first-order chi connectivity index (χ1) is 16.4. The van der Waals surface area contributed by atoms with Crippen LogP contribution >= 0.6 is 24.0 Å². The van der Waals surface area contributed by atoms with Crippen molar-refractivity contribution < 1.29 is 13.2 Å². The van der Waals surface area contributed by atoms with Crippen LogP contribution in [0.5, 0.6) is 0 Å². The molecule has 3 aromatic rings. The molecule has 1 amide bonds. The van der Waals surface area contributed by atoms with Gasteiger partial charge in [0.05, 0.1) is 18.0 Å². The molecule has 0 saturated carbocycles. The maximum Gasteiger partial charge on any atom is 0.252 e. The number of hydrazine groups is 1. The Morgan fingerprint density at radius 1 is 0.914 bits per heavy atom. The molecular weight excluding hydrogens is 509 g/mol. The topological polar surface area (TPSA) is 85.8 Å². The van der Waals surface area contributed by atoms with Crippen molar-refractivity contribution in [1.29, 1.82) is 0 Å². The molecule has 0 radical (unpaired) electrons. The van der Waals surface area contributed by atoms with Gasteiger partial charge in [-0.3, -0.25) is 14.8 Å². The van der Waals surface area contributed by atoms with Crippen LogP contribution in [0.2, 0.25) is 5.02 Å². The molecule has 5 rings (SSSR count). The molecule has 2 aromatic carbocycles. The zero-order valence-corrected chi connectivity index (χ0v) is 21.4. The number of fused-ring (bicyclic) bond motifs is 1. The summed E-state index contributed by atoms with van der Waals surface area (Å²) in [6.07, 6.45) is 5.38. The highest BCUT2D eigenvalue weighted by molar-refractivity contribution is 7.89. The molecule has 0 bridgehead atoms. The number of carbonyl (C=O) groups excluding carboxylic acids is 1. The number of anilines is 1. The van der Waals surface area contributed by atoms with Gasteiger partial charge in [-0.15, -0.1) is 12.4 Å². The Morgan fingerprint density at radius 2 is 1.60 bits per heavy atom. The van der Waals surface area contributed by atoms with Crippen molar-refractivity contribution in [1.82, 2.24) is 19.7 Å². The number of sulfonamides is 1. The fraction of sp³-hybridized carbons (Fsp3) is 0.333. The molecule has 0 spiro atoms. The lowest BCUT2D eigenvalue weighted by atomic mass is 10.1. The zero-order chi connectivity index (χ0) is 23.7. The fourth-order valence-corrected chi connectivity index (χ4v) is 6.14. The summed E-state index contributed by atoms with van der Waals surface area (Å²) in [6.45, 7) is 2.15. The van der Waals surface area contributed by atoms with Crippen LogP contribution in [0.4, 0.5) is 5.69 Å². The Morgan fingerprint density at radius 3 is 2.31 bits per heavy atom. The lowest BCUT2D eigenvalue weighted by Gasteiger charge is -2.39. The second-order valence-corrected chi connectivity index (χ2v) is 11.0. The Kier molecular flexibility index (Phi) is 7.83. The highest BCUT2D eigenvalue weighted by atomic mass is 35.5. The molecule has 0 aliphatic carbocycles. The number of piperidine rings is 1. The molecular formula is C24H27Cl2N5O3S. The highest BCUT2D eigenvalue weighted by Crippen LogP contribution is 2.25. The number of rotatable bonds is 5. The molecule has 1 N–H and O–H groups in total. The predicted molar refractivity (Wildman–Crippen MR) is 139 cm³/mol. The zero-order valence-electron chi connectivity index (χ0n) is 19.0. The molecule has 11 heteroatoms. The molecule has 8 nitrogen and oxygen atoms in total. The van der Waals surface area contributed by atoms with Gasteiger partial charge in [0, 0.05) is 48.8 Å². The first kappa shape index (κ1) is 25.7. The van der Waals surface area contributed by atoms with Crippen molar-refractivity contribution in [3.8, 4) is 0 Å². The van der Waals surface area contributed by atoms with Crippen molar-refractivity contribution in [2.24, 2.45) is 0 Å². The number of benzene rings is 2. The number of carbonyl (C=O) groups is 1. The average molecular weight is 536 g/mol. The number of pyridine rings is 1. The Labute approximate surface area is 216 Å². The van der Waals surface area contributed by atoms with Crippen LogP contribution in [0.3, 0.4) is 0 Å². The molecule has 2 fully saturated rings. The predicted octanol–water partition coefficient (Wildman–Crippen LogP) is 3.32. The van der Waals surface area contributed by atoms with Crippen LogP contribution in [0.15, 0.2) is 65.8 Å². The third kappa shape index (κ3) is 5.54. The molecule has 0 unspecified atom stereocenters. The number of hydrogen-bond donors (Lipinski definition) is 1. The lowest BCUT2D eigenvalue weighted by Crippen LogP contribution is -2.60. The molecule has 186 valence electrons. The van der Waals surface area contributed by atoms with E-state index >= 15 is 0 Å². The Bertz CT molecular complexity index is 1300. The van der Waals surface area contributed by atoms with Crippen molar-refractivity contribution >= 4 is 56.4 Å². The van der Waals surface area contributed by atoms with Gasteiger partial charge < -0.3 is 4.90 Å². The minimum Gasteiger partial charge on any atom is -0.371 e. The summed E-state index contributed by atoms with van der Waals surface area (Å²) >= 11 is 6.03. The number of nitrogens with zero attached hydrogens (tertiary/aromatic N) is 4. The van der Waals surface area contributed by atoms with Gasteiger partial charge in [0.15, 0.2) is 0 Å². The van der Waals surface area contributed by atoms with Crippen LogP contribution in [0.1, 0.15) is 12.8 Å². The van der Waals surface area contributed by atoms with Crippen molar-refractivity contribution in [3.63, 3.8) is 0 Å². The van der Waals surface area contributed by atoms with E-state index in [1.165, 1.54) is 4.31 Å². The van der Waals surface area contributed by atoms with Crippen molar-refractivity contribution in [2.75, 3.05) is 37.6 Å². The second-order valence-electron chi connectivity index (χ2n) is 8.63. The lowest BCUT2D eigenvalue weighted by molar-refractivity contribution is -0.138. The van der Waals surface area contributed by atoms with Gasteiger partial charge in [-0.2, -0.15) is 4.31 Å². The quantitative estimate of drug-likeness (QED) is 0.539. The van der Waals surface area contributed by atoms with E-state index in [1.54, 1.807) is 53.8 Å². The molecule has 0 atom stereocenters. The molecule has 1 aromatic heterocycles. The van der Waals surface area contributed by atoms with E-state index in [-0.39, 0.29) is 42.3 Å². The van der Waals surface area contributed by atoms with Gasteiger partial charge in [0.2, 0.25) is 10.0 Å². The van der Waals surface area contributed by atoms with E-state index in [0.29, 0.717) is 11.6 Å². The minimum atomic E-state index is -3.78. The van der Waals surface area contributed by atoms with E-state index in [0.717, 1.165) is 42.4 Å². The van der Waals surface area contributed by atoms with E-state index < -0.39 is 10.0 Å². The number of nitrogens with one attached hydrogen (secondary N) is 1. The first-order valence-electron chi connectivity index (χ1n) is 11.3. The first-order valence-corrected chi connectivity index (χ1v) is 13.1. The van der Waals surface area contributed by atoms with Gasteiger partial charge in [0.1, 0.15) is 0 Å². The number of piperazine rings is 1. The summed E-state index contributed by atoms with van der Waals surface area (Å²) in [7, 11) is -3.78. The van der Waals surface area contributed by atoms with E-state index in [9.17, 15) is 13.2 Å². The maximum absolute atomic E-state index is 13.2. The monoisotopic (exact) mass is 535 g/mol. The fourth-order valence-electron chi connectivity index (χ4n) is 4.54. The van der Waals surface area contributed by atoms with Crippen LogP contribution < -0.4 is 10.3 Å². The Hall–Kier alpha value is -2.43. The highest BCUT2D eigenvalue weighted by Gasteiger charge is 2.34. The van der Waals surface area contributed by atoms with Gasteiger partial charge in [0.25, 0.3) is 5.91 Å². The molecule has 2 saturated heterocycles. The summed E-state index contributed by atoms with van der Waals surface area (Å²) in [4.78, 5) is 19.4. The number of amides is 1. The average Bonchev–Trinajstić information content (AvgIpc) is 2.86. The number of halogens is 2. The molecule has 2 aliphatic rings. The van der Waals surface area contributed by atoms with Gasteiger partial charge in [-0.1, -0.05) is 23.7 Å². The molecule has 3 heterocycles. The van der Waals surface area contributed by atoms with Crippen LogP contribution in [0, 0.1) is 0 Å². The van der Waals surface area contributed by atoms with E-state index in [4.69, 9.17) is 11.6 Å². The number of hydrogen-bond acceptors (Lipinski definition) is 6. The minimum absolute atomic E-state index is 0. The van der Waals surface area contributed by atoms with Crippen LogP contribution in [-0.2, 0) is 14.8 Å². The standard InChI is InChI=1S/C24H26ClN5O3S.ClH/c25-20-3-1-19-16-23(4-2-18(19)15-20)34(32,33)29-13-14-30(24(31)17-29)27-21-7-11-28(12-8-21)22-5-9-26-10-6-22;/h1-6,9-10,15-16,21,27H,7-8,11-14,17H2;1H. The van der Waals surface area contributed by atoms with Gasteiger partial charge in [-0.25, -0.2) is 13.8 Å². The third-order valence-corrected chi connectivity index (χ3v) is 8.53. The van der Waals surface area contributed by atoms with E-state index in [1.807, 2.05) is 12.1 Å². The smallest absolute Gasteiger partial charge is 0.252 e. The van der Waals surface area contributed by atoms with Gasteiger partial charge >= 0.3 is 0 Å². The Balaban J connectivity index is 0.00000289. The van der Waals surface area contributed by atoms with Crippen molar-refractivity contribution in [3.05, 3.63) is 65.9 Å². The SMILES string of the molecule is Cl.O=C1CN(S(=O)(=O)c2ccc3cc(Cl)ccc3c2)CCN1NC1CCN(c2ccncc2)CC1. The molecule has 2 aliphatic heterocycles. The second kappa shape index (κ2) is 10.7. The summed E-state index contributed by atoms with van der Waals surface area (Å²) in [6, 6.07) is 14.4. The van der Waals surface area contributed by atoms with Gasteiger partial charge in [-0.05, 0) is 60.0 Å². The van der Waals surface area contributed by atoms with Crippen molar-refractivity contribution in [2.45, 2.75) is 23.8 Å². The van der Waals surface area contributed by atoms with E-state index in [2.05, 4.69) is 15.3 Å². The number of aromatic nitrogens is 1. The molecule has 35 heavy (non-hydrogen) atoms. The maximum atomic E-state index is 13.2. The normalized spacial score (nSPS) is 18.0. The van der Waals surface area contributed by atoms with Crippen LogP contribution in [0.25, 0.3) is 10.8 Å². The summed E-state index contributed by atoms with van der Waals surface area (Å²) in [5.74, 6) is -0.237. The third-order valence-electron chi connectivity index (χ3n) is 6.46. The summed E-state index contributed by atoms with van der Waals surface area (Å²) < 4.78 is 27.7. The largest absolute Gasteiger partial charge is 0.371 e. The van der Waals surface area contributed by atoms with Crippen LogP contribution in [-0.4, -0.2) is 67.4 Å².